The SMILES string of the molecule is O=C(OCc1ccccc1)N1C2C=C(c3cccc4cccnc34)CC1COC2. The first kappa shape index (κ1) is 17.9. The zero-order valence-electron chi connectivity index (χ0n) is 16.0. The van der Waals surface area contributed by atoms with Crippen LogP contribution in [0.5, 0.6) is 0 Å². The fourth-order valence-corrected chi connectivity index (χ4v) is 4.24. The molecule has 2 atom stereocenters. The van der Waals surface area contributed by atoms with E-state index in [1.807, 2.05) is 47.5 Å². The van der Waals surface area contributed by atoms with Crippen molar-refractivity contribution in [3.63, 3.8) is 0 Å². The number of hydrogen-bond acceptors (Lipinski definition) is 4. The minimum atomic E-state index is -0.279. The van der Waals surface area contributed by atoms with Gasteiger partial charge < -0.3 is 9.47 Å². The summed E-state index contributed by atoms with van der Waals surface area (Å²) in [5, 5.41) is 1.12. The van der Waals surface area contributed by atoms with Gasteiger partial charge in [-0.05, 0) is 23.6 Å². The predicted molar refractivity (Wildman–Crippen MR) is 111 cm³/mol. The molecule has 0 N–H and O–H groups in total. The normalized spacial score (nSPS) is 21.0. The highest BCUT2D eigenvalue weighted by Gasteiger charge is 2.39. The lowest BCUT2D eigenvalue weighted by Gasteiger charge is -2.43. The quantitative estimate of drug-likeness (QED) is 0.668. The van der Waals surface area contributed by atoms with E-state index < -0.39 is 0 Å². The summed E-state index contributed by atoms with van der Waals surface area (Å²) in [6.45, 7) is 1.28. The van der Waals surface area contributed by atoms with Crippen LogP contribution in [0.15, 0.2) is 72.9 Å². The van der Waals surface area contributed by atoms with Crippen LogP contribution >= 0.6 is 0 Å². The fraction of sp³-hybridized carbons (Fsp3) is 0.250. The topological polar surface area (TPSA) is 51.7 Å². The Hall–Kier alpha value is -3.18. The number of carbonyl (C=O) groups is 1. The van der Waals surface area contributed by atoms with Crippen molar-refractivity contribution in [3.8, 4) is 0 Å². The standard InChI is InChI=1S/C24H22N2O3/c27-24(29-14-17-6-2-1-3-7-17)26-20-12-19(13-21(26)16-28-15-20)22-10-4-8-18-9-5-11-25-23(18)22/h1-12,20-21H,13-16H2. The molecule has 5 nitrogen and oxygen atoms in total. The molecule has 5 heteroatoms. The molecule has 1 fully saturated rings. The van der Waals surface area contributed by atoms with Gasteiger partial charge in [0.15, 0.2) is 0 Å². The summed E-state index contributed by atoms with van der Waals surface area (Å²) < 4.78 is 11.3. The number of nitrogens with zero attached hydrogens (tertiary/aromatic N) is 2. The number of para-hydroxylation sites is 1. The van der Waals surface area contributed by atoms with Crippen LogP contribution in [0.2, 0.25) is 0 Å². The first-order valence-corrected chi connectivity index (χ1v) is 9.91. The molecule has 2 aromatic carbocycles. The largest absolute Gasteiger partial charge is 0.445 e. The lowest BCUT2D eigenvalue weighted by atomic mass is 9.89. The second-order valence-corrected chi connectivity index (χ2v) is 7.48. The van der Waals surface area contributed by atoms with Gasteiger partial charge in [0.2, 0.25) is 0 Å². The molecule has 0 saturated carbocycles. The molecule has 29 heavy (non-hydrogen) atoms. The van der Waals surface area contributed by atoms with Crippen LogP contribution in [0.1, 0.15) is 17.5 Å². The Balaban J connectivity index is 1.40. The number of ether oxygens (including phenoxy) is 2. The van der Waals surface area contributed by atoms with Crippen LogP contribution in [0.4, 0.5) is 4.79 Å². The van der Waals surface area contributed by atoms with Crippen LogP contribution in [0.25, 0.3) is 16.5 Å². The maximum absolute atomic E-state index is 12.8. The van der Waals surface area contributed by atoms with Crippen LogP contribution < -0.4 is 0 Å². The summed E-state index contributed by atoms with van der Waals surface area (Å²) in [6.07, 6.45) is 4.42. The molecule has 0 spiro atoms. The molecule has 2 bridgehead atoms. The van der Waals surface area contributed by atoms with E-state index >= 15 is 0 Å². The number of rotatable bonds is 3. The Kier molecular flexibility index (Phi) is 4.74. The number of fused-ring (bicyclic) bond motifs is 3. The number of hydrogen-bond donors (Lipinski definition) is 0. The van der Waals surface area contributed by atoms with Gasteiger partial charge in [-0.25, -0.2) is 4.79 Å². The highest BCUT2D eigenvalue weighted by Crippen LogP contribution is 2.35. The van der Waals surface area contributed by atoms with Gasteiger partial charge in [-0.2, -0.15) is 0 Å². The Labute approximate surface area is 169 Å². The monoisotopic (exact) mass is 386 g/mol. The van der Waals surface area contributed by atoms with Gasteiger partial charge in [0.1, 0.15) is 6.61 Å². The van der Waals surface area contributed by atoms with Crippen molar-refractivity contribution >= 4 is 22.6 Å². The van der Waals surface area contributed by atoms with Gasteiger partial charge >= 0.3 is 6.09 Å². The number of amides is 1. The second kappa shape index (κ2) is 7.68. The van der Waals surface area contributed by atoms with E-state index in [0.29, 0.717) is 13.2 Å². The van der Waals surface area contributed by atoms with E-state index in [1.165, 1.54) is 5.57 Å². The van der Waals surface area contributed by atoms with Gasteiger partial charge in [-0.15, -0.1) is 0 Å². The minimum Gasteiger partial charge on any atom is -0.445 e. The third kappa shape index (κ3) is 3.49. The first-order chi connectivity index (χ1) is 14.3. The maximum atomic E-state index is 12.8. The predicted octanol–water partition coefficient (Wildman–Crippen LogP) is 4.43. The van der Waals surface area contributed by atoms with Crippen LogP contribution in [-0.2, 0) is 16.1 Å². The van der Waals surface area contributed by atoms with E-state index in [-0.39, 0.29) is 24.8 Å². The van der Waals surface area contributed by atoms with Crippen molar-refractivity contribution in [2.45, 2.75) is 25.1 Å². The van der Waals surface area contributed by atoms with Crippen molar-refractivity contribution in [1.82, 2.24) is 9.88 Å². The van der Waals surface area contributed by atoms with Gasteiger partial charge in [-0.1, -0.05) is 60.7 Å². The Morgan fingerprint density at radius 3 is 2.79 bits per heavy atom. The number of pyridine rings is 1. The van der Waals surface area contributed by atoms with Crippen molar-refractivity contribution in [1.29, 1.82) is 0 Å². The summed E-state index contributed by atoms with van der Waals surface area (Å²) in [4.78, 5) is 19.3. The van der Waals surface area contributed by atoms with Crippen LogP contribution in [0, 0.1) is 0 Å². The van der Waals surface area contributed by atoms with Crippen molar-refractivity contribution in [3.05, 3.63) is 84.1 Å². The first-order valence-electron chi connectivity index (χ1n) is 9.91. The highest BCUT2D eigenvalue weighted by atomic mass is 16.6. The zero-order chi connectivity index (χ0) is 19.6. The fourth-order valence-electron chi connectivity index (χ4n) is 4.24. The van der Waals surface area contributed by atoms with E-state index in [1.54, 1.807) is 0 Å². The lowest BCUT2D eigenvalue weighted by molar-refractivity contribution is -0.0342. The highest BCUT2D eigenvalue weighted by molar-refractivity contribution is 5.91. The minimum absolute atomic E-state index is 0.0315. The molecule has 1 saturated heterocycles. The zero-order valence-corrected chi connectivity index (χ0v) is 16.0. The summed E-state index contributed by atoms with van der Waals surface area (Å²) in [5.41, 5.74) is 4.34. The second-order valence-electron chi connectivity index (χ2n) is 7.48. The Morgan fingerprint density at radius 2 is 1.93 bits per heavy atom. The number of carbonyl (C=O) groups excluding carboxylic acids is 1. The lowest BCUT2D eigenvalue weighted by Crippen LogP contribution is -2.56. The average molecular weight is 386 g/mol. The average Bonchev–Trinajstić information content (AvgIpc) is 2.77. The van der Waals surface area contributed by atoms with Gasteiger partial charge in [0, 0.05) is 17.1 Å². The maximum Gasteiger partial charge on any atom is 0.411 e. The molecule has 0 aliphatic carbocycles. The summed E-state index contributed by atoms with van der Waals surface area (Å²) in [7, 11) is 0. The number of morpholine rings is 1. The van der Waals surface area contributed by atoms with E-state index in [9.17, 15) is 4.79 Å². The van der Waals surface area contributed by atoms with Gasteiger partial charge in [0.25, 0.3) is 0 Å². The molecule has 5 rings (SSSR count). The van der Waals surface area contributed by atoms with Gasteiger partial charge in [0.05, 0.1) is 30.8 Å². The van der Waals surface area contributed by atoms with Crippen molar-refractivity contribution in [2.75, 3.05) is 13.2 Å². The Morgan fingerprint density at radius 1 is 1.07 bits per heavy atom. The number of aromatic nitrogens is 1. The smallest absolute Gasteiger partial charge is 0.411 e. The molecule has 2 aliphatic rings. The Bertz CT molecular complexity index is 1060. The molecule has 1 aromatic heterocycles. The number of benzene rings is 2. The molecule has 0 radical (unpaired) electrons. The van der Waals surface area contributed by atoms with Gasteiger partial charge in [-0.3, -0.25) is 9.88 Å². The molecule has 2 unspecified atom stereocenters. The van der Waals surface area contributed by atoms with Crippen molar-refractivity contribution in [2.24, 2.45) is 0 Å². The summed E-state index contributed by atoms with van der Waals surface area (Å²) in [5.74, 6) is 0. The third-order valence-corrected chi connectivity index (χ3v) is 5.59. The molecule has 146 valence electrons. The van der Waals surface area contributed by atoms with E-state index in [2.05, 4.69) is 35.3 Å². The van der Waals surface area contributed by atoms with Crippen LogP contribution in [-0.4, -0.2) is 41.3 Å². The van der Waals surface area contributed by atoms with E-state index in [0.717, 1.165) is 28.5 Å². The molecule has 3 heterocycles. The third-order valence-electron chi connectivity index (χ3n) is 5.59. The van der Waals surface area contributed by atoms with Crippen molar-refractivity contribution < 1.29 is 14.3 Å². The molecular formula is C24H22N2O3. The summed E-state index contributed by atoms with van der Waals surface area (Å²) in [6, 6.07) is 19.9. The molecule has 3 aromatic rings. The molecular weight excluding hydrogens is 364 g/mol. The van der Waals surface area contributed by atoms with Crippen LogP contribution in [0.3, 0.4) is 0 Å². The van der Waals surface area contributed by atoms with E-state index in [4.69, 9.17) is 9.47 Å². The molecule has 1 amide bonds. The molecule has 2 aliphatic heterocycles. The summed E-state index contributed by atoms with van der Waals surface area (Å²) >= 11 is 0.